The molecule has 0 fully saturated rings. The Balaban J connectivity index is 1.65. The number of ether oxygens (including phenoxy) is 1. The molecule has 1 aromatic heterocycles. The molecule has 1 unspecified atom stereocenters. The number of nitrogens with zero attached hydrogens (tertiary/aromatic N) is 2. The second-order valence-corrected chi connectivity index (χ2v) is 7.42. The van der Waals surface area contributed by atoms with Crippen LogP contribution in [-0.4, -0.2) is 22.7 Å². The minimum atomic E-state index is -0.348. The van der Waals surface area contributed by atoms with Crippen LogP contribution >= 0.6 is 15.9 Å². The lowest BCUT2D eigenvalue weighted by Gasteiger charge is -2.15. The third kappa shape index (κ3) is 4.78. The van der Waals surface area contributed by atoms with Crippen LogP contribution in [0.5, 0.6) is 5.75 Å². The van der Waals surface area contributed by atoms with Gasteiger partial charge in [0, 0.05) is 10.0 Å². The highest BCUT2D eigenvalue weighted by Gasteiger charge is 2.20. The molecule has 0 aliphatic heterocycles. The molecule has 1 atom stereocenters. The van der Waals surface area contributed by atoms with Gasteiger partial charge < -0.3 is 14.6 Å². The molecule has 7 heteroatoms. The van der Waals surface area contributed by atoms with E-state index in [4.69, 9.17) is 9.26 Å². The largest absolute Gasteiger partial charge is 0.483 e. The molecule has 0 bridgehead atoms. The van der Waals surface area contributed by atoms with Gasteiger partial charge in [-0.25, -0.2) is 0 Å². The number of nitrogens with one attached hydrogen (secondary N) is 1. The van der Waals surface area contributed by atoms with Crippen LogP contribution in [0.15, 0.2) is 51.5 Å². The Kier molecular flexibility index (Phi) is 6.46. The first-order valence-corrected chi connectivity index (χ1v) is 9.85. The van der Waals surface area contributed by atoms with Crippen molar-refractivity contribution in [1.82, 2.24) is 15.5 Å². The third-order valence-electron chi connectivity index (χ3n) is 4.32. The van der Waals surface area contributed by atoms with E-state index in [1.807, 2.05) is 63.2 Å². The first-order valence-electron chi connectivity index (χ1n) is 9.06. The van der Waals surface area contributed by atoms with Crippen molar-refractivity contribution in [3.8, 4) is 17.2 Å². The van der Waals surface area contributed by atoms with E-state index in [0.29, 0.717) is 18.1 Å². The van der Waals surface area contributed by atoms with Crippen LogP contribution in [0.2, 0.25) is 0 Å². The van der Waals surface area contributed by atoms with E-state index < -0.39 is 0 Å². The van der Waals surface area contributed by atoms with E-state index in [1.165, 1.54) is 0 Å². The highest BCUT2D eigenvalue weighted by molar-refractivity contribution is 9.10. The summed E-state index contributed by atoms with van der Waals surface area (Å²) in [5.74, 6) is 1.36. The van der Waals surface area contributed by atoms with Crippen molar-refractivity contribution in [2.24, 2.45) is 0 Å². The van der Waals surface area contributed by atoms with Gasteiger partial charge in [-0.15, -0.1) is 0 Å². The van der Waals surface area contributed by atoms with Crippen molar-refractivity contribution in [3.63, 3.8) is 0 Å². The molecule has 0 saturated heterocycles. The van der Waals surface area contributed by atoms with Crippen molar-refractivity contribution in [2.45, 2.75) is 33.2 Å². The number of hydrogen-bond acceptors (Lipinski definition) is 5. The molecule has 0 aliphatic carbocycles. The molecule has 1 heterocycles. The van der Waals surface area contributed by atoms with Crippen molar-refractivity contribution < 1.29 is 14.1 Å². The summed E-state index contributed by atoms with van der Waals surface area (Å²) < 4.78 is 12.0. The summed E-state index contributed by atoms with van der Waals surface area (Å²) in [6.07, 6.45) is 0.632. The maximum Gasteiger partial charge on any atom is 0.258 e. The smallest absolute Gasteiger partial charge is 0.258 e. The first kappa shape index (κ1) is 20.1. The van der Waals surface area contributed by atoms with Crippen molar-refractivity contribution in [1.29, 1.82) is 0 Å². The lowest BCUT2D eigenvalue weighted by molar-refractivity contribution is -0.124. The number of aryl methyl sites for hydroxylation is 2. The maximum atomic E-state index is 12.4. The highest BCUT2D eigenvalue weighted by atomic mass is 79.9. The summed E-state index contributed by atoms with van der Waals surface area (Å²) in [5, 5.41) is 6.95. The zero-order valence-electron chi connectivity index (χ0n) is 16.0. The van der Waals surface area contributed by atoms with Gasteiger partial charge in [-0.05, 0) is 49.6 Å². The standard InChI is InChI=1S/C21H22BrN3O3/c1-4-17(20-24-21(28-25-20)15-9-6-10-16(22)11-15)23-18(26)12-27-19-13(2)7-5-8-14(19)3/h5-11,17H,4,12H2,1-3H3,(H,23,26). The average Bonchev–Trinajstić information content (AvgIpc) is 3.16. The molecule has 0 spiro atoms. The second-order valence-electron chi connectivity index (χ2n) is 6.51. The number of rotatable bonds is 7. The van der Waals surface area contributed by atoms with Crippen molar-refractivity contribution >= 4 is 21.8 Å². The molecule has 0 saturated carbocycles. The lowest BCUT2D eigenvalue weighted by atomic mass is 10.1. The van der Waals surface area contributed by atoms with Gasteiger partial charge in [0.1, 0.15) is 5.75 Å². The van der Waals surface area contributed by atoms with Gasteiger partial charge in [-0.1, -0.05) is 52.3 Å². The quantitative estimate of drug-likeness (QED) is 0.569. The molecule has 3 aromatic rings. The number of aromatic nitrogens is 2. The number of carbonyl (C=O) groups excluding carboxylic acids is 1. The fourth-order valence-electron chi connectivity index (χ4n) is 2.86. The van der Waals surface area contributed by atoms with Crippen LogP contribution in [0.25, 0.3) is 11.5 Å². The van der Waals surface area contributed by atoms with Crippen LogP contribution in [-0.2, 0) is 4.79 Å². The Morgan fingerprint density at radius 2 is 1.93 bits per heavy atom. The van der Waals surface area contributed by atoms with Gasteiger partial charge in [0.25, 0.3) is 11.8 Å². The number of para-hydroxylation sites is 1. The Bertz CT molecular complexity index is 951. The van der Waals surface area contributed by atoms with E-state index in [9.17, 15) is 4.79 Å². The monoisotopic (exact) mass is 443 g/mol. The predicted octanol–water partition coefficient (Wildman–Crippen LogP) is 4.76. The van der Waals surface area contributed by atoms with Crippen LogP contribution < -0.4 is 10.1 Å². The van der Waals surface area contributed by atoms with E-state index >= 15 is 0 Å². The highest BCUT2D eigenvalue weighted by Crippen LogP contribution is 2.24. The molecule has 3 rings (SSSR count). The topological polar surface area (TPSA) is 77.2 Å². The molecular weight excluding hydrogens is 422 g/mol. The van der Waals surface area contributed by atoms with Gasteiger partial charge >= 0.3 is 0 Å². The Morgan fingerprint density at radius 3 is 2.61 bits per heavy atom. The van der Waals surface area contributed by atoms with Gasteiger partial charge in [0.05, 0.1) is 6.04 Å². The van der Waals surface area contributed by atoms with Crippen LogP contribution in [0.1, 0.15) is 36.3 Å². The number of amides is 1. The van der Waals surface area contributed by atoms with Crippen LogP contribution in [0, 0.1) is 13.8 Å². The molecule has 2 aromatic carbocycles. The Hall–Kier alpha value is -2.67. The normalized spacial score (nSPS) is 11.9. The summed E-state index contributed by atoms with van der Waals surface area (Å²) >= 11 is 3.43. The number of hydrogen-bond donors (Lipinski definition) is 1. The molecule has 0 radical (unpaired) electrons. The van der Waals surface area contributed by atoms with E-state index in [0.717, 1.165) is 26.9 Å². The summed E-state index contributed by atoms with van der Waals surface area (Å²) in [5.41, 5.74) is 2.81. The fraction of sp³-hybridized carbons (Fsp3) is 0.286. The number of carbonyl (C=O) groups is 1. The van der Waals surface area contributed by atoms with Crippen LogP contribution in [0.4, 0.5) is 0 Å². The maximum absolute atomic E-state index is 12.4. The molecule has 28 heavy (non-hydrogen) atoms. The zero-order valence-corrected chi connectivity index (χ0v) is 17.6. The molecule has 6 nitrogen and oxygen atoms in total. The molecule has 1 N–H and O–H groups in total. The predicted molar refractivity (Wildman–Crippen MR) is 110 cm³/mol. The van der Waals surface area contributed by atoms with Gasteiger partial charge in [0.15, 0.2) is 12.4 Å². The molecule has 1 amide bonds. The SMILES string of the molecule is CCC(NC(=O)COc1c(C)cccc1C)c1noc(-c2cccc(Br)c2)n1. The molecular formula is C21H22BrN3O3. The minimum Gasteiger partial charge on any atom is -0.483 e. The zero-order chi connectivity index (χ0) is 20.1. The summed E-state index contributed by atoms with van der Waals surface area (Å²) in [7, 11) is 0. The van der Waals surface area contributed by atoms with Crippen molar-refractivity contribution in [3.05, 3.63) is 63.9 Å². The van der Waals surface area contributed by atoms with Gasteiger partial charge in [0.2, 0.25) is 0 Å². The summed E-state index contributed by atoms with van der Waals surface area (Å²) in [6.45, 7) is 5.79. The first-order chi connectivity index (χ1) is 13.5. The molecule has 146 valence electrons. The van der Waals surface area contributed by atoms with E-state index in [-0.39, 0.29) is 18.6 Å². The lowest BCUT2D eigenvalue weighted by Crippen LogP contribution is -2.33. The minimum absolute atomic E-state index is 0.0709. The fourth-order valence-corrected chi connectivity index (χ4v) is 3.26. The molecule has 0 aliphatic rings. The summed E-state index contributed by atoms with van der Waals surface area (Å²) in [4.78, 5) is 16.8. The third-order valence-corrected chi connectivity index (χ3v) is 4.82. The van der Waals surface area contributed by atoms with E-state index in [2.05, 4.69) is 31.4 Å². The van der Waals surface area contributed by atoms with Gasteiger partial charge in [-0.3, -0.25) is 4.79 Å². The Morgan fingerprint density at radius 1 is 1.21 bits per heavy atom. The van der Waals surface area contributed by atoms with E-state index in [1.54, 1.807) is 0 Å². The van der Waals surface area contributed by atoms with Crippen LogP contribution in [0.3, 0.4) is 0 Å². The van der Waals surface area contributed by atoms with Crippen molar-refractivity contribution in [2.75, 3.05) is 6.61 Å². The number of benzene rings is 2. The average molecular weight is 444 g/mol. The second kappa shape index (κ2) is 9.01. The Labute approximate surface area is 172 Å². The van der Waals surface area contributed by atoms with Gasteiger partial charge in [-0.2, -0.15) is 4.98 Å². The summed E-state index contributed by atoms with van der Waals surface area (Å²) in [6, 6.07) is 13.1. The number of halogens is 1.